The largest absolute Gasteiger partial charge is 0.346 e. The minimum Gasteiger partial charge on any atom is -0.346 e. The maximum Gasteiger partial charge on any atom is 0.244 e. The van der Waals surface area contributed by atoms with Gasteiger partial charge in [-0.25, -0.2) is 4.68 Å². The highest BCUT2D eigenvalue weighted by Gasteiger charge is 2.19. The smallest absolute Gasteiger partial charge is 0.244 e. The molecule has 1 atom stereocenters. The van der Waals surface area contributed by atoms with Crippen LogP contribution in [-0.4, -0.2) is 44.4 Å². The van der Waals surface area contributed by atoms with Crippen molar-refractivity contribution in [2.75, 3.05) is 11.9 Å². The predicted octanol–water partition coefficient (Wildman–Crippen LogP) is -0.357. The Morgan fingerprint density at radius 1 is 1.41 bits per heavy atom. The number of nitrogens with one attached hydrogen (secondary N) is 3. The molecule has 2 amide bonds. The average Bonchev–Trinajstić information content (AvgIpc) is 2.98. The maximum absolute atomic E-state index is 11.9. The number of H-pyrrole nitrogens is 1. The summed E-state index contributed by atoms with van der Waals surface area (Å²) in [5.74, 6) is -0.239. The minimum atomic E-state index is -0.632. The molecule has 0 aliphatic heterocycles. The molecule has 0 saturated carbocycles. The first-order valence-electron chi connectivity index (χ1n) is 7.02. The van der Waals surface area contributed by atoms with Gasteiger partial charge >= 0.3 is 0 Å². The number of aromatic nitrogens is 4. The summed E-state index contributed by atoms with van der Waals surface area (Å²) in [6.45, 7) is 5.36. The van der Waals surface area contributed by atoms with Gasteiger partial charge < -0.3 is 16.4 Å². The number of aryl methyl sites for hydroxylation is 2. The summed E-state index contributed by atoms with van der Waals surface area (Å²) in [6, 6.07) is -0.632. The lowest BCUT2D eigenvalue weighted by molar-refractivity contribution is -0.125. The van der Waals surface area contributed by atoms with Crippen molar-refractivity contribution >= 4 is 28.7 Å². The molecule has 120 valence electrons. The Labute approximate surface area is 127 Å². The van der Waals surface area contributed by atoms with Gasteiger partial charge in [-0.1, -0.05) is 13.8 Å². The van der Waals surface area contributed by atoms with Crippen LogP contribution in [0.5, 0.6) is 0 Å². The van der Waals surface area contributed by atoms with Crippen molar-refractivity contribution in [2.24, 2.45) is 18.7 Å². The van der Waals surface area contributed by atoms with Crippen LogP contribution in [0.15, 0.2) is 0 Å². The third-order valence-electron chi connectivity index (χ3n) is 3.42. The monoisotopic (exact) mass is 307 g/mol. The average molecular weight is 307 g/mol. The van der Waals surface area contributed by atoms with Crippen molar-refractivity contribution in [3.63, 3.8) is 0 Å². The van der Waals surface area contributed by atoms with Gasteiger partial charge in [-0.2, -0.15) is 10.2 Å². The van der Waals surface area contributed by atoms with Crippen molar-refractivity contribution in [1.29, 1.82) is 0 Å². The minimum absolute atomic E-state index is 0.00772. The second-order valence-electron chi connectivity index (χ2n) is 5.54. The Hall–Kier alpha value is -2.42. The first kappa shape index (κ1) is 16.0. The summed E-state index contributed by atoms with van der Waals surface area (Å²) in [6.07, 6.45) is 0. The SMILES string of the molecule is Cc1nn(C)c2n[nH]c(NC(=O)CNC(=O)[C@@H](N)C(C)C)c12. The van der Waals surface area contributed by atoms with E-state index >= 15 is 0 Å². The van der Waals surface area contributed by atoms with E-state index in [9.17, 15) is 9.59 Å². The van der Waals surface area contributed by atoms with Crippen LogP contribution in [0, 0.1) is 12.8 Å². The van der Waals surface area contributed by atoms with Gasteiger partial charge in [0, 0.05) is 7.05 Å². The van der Waals surface area contributed by atoms with Gasteiger partial charge in [-0.05, 0) is 12.8 Å². The molecule has 22 heavy (non-hydrogen) atoms. The number of fused-ring (bicyclic) bond motifs is 1. The molecular weight excluding hydrogens is 286 g/mol. The van der Waals surface area contributed by atoms with Crippen LogP contribution in [0.1, 0.15) is 19.5 Å². The van der Waals surface area contributed by atoms with Crippen molar-refractivity contribution in [3.05, 3.63) is 5.69 Å². The Kier molecular flexibility index (Phi) is 4.45. The Balaban J connectivity index is 1.98. The maximum atomic E-state index is 11.9. The van der Waals surface area contributed by atoms with E-state index in [1.807, 2.05) is 20.8 Å². The fraction of sp³-hybridized carbons (Fsp3) is 0.538. The second-order valence-corrected chi connectivity index (χ2v) is 5.54. The number of aromatic amines is 1. The zero-order chi connectivity index (χ0) is 16.4. The van der Waals surface area contributed by atoms with Gasteiger partial charge in [0.1, 0.15) is 5.82 Å². The van der Waals surface area contributed by atoms with E-state index in [0.717, 1.165) is 11.1 Å². The molecule has 0 spiro atoms. The molecule has 9 heteroatoms. The van der Waals surface area contributed by atoms with Crippen LogP contribution in [0.3, 0.4) is 0 Å². The molecular formula is C13H21N7O2. The number of hydrogen-bond donors (Lipinski definition) is 4. The Morgan fingerprint density at radius 3 is 2.73 bits per heavy atom. The van der Waals surface area contributed by atoms with Crippen LogP contribution in [0.2, 0.25) is 0 Å². The number of carbonyl (C=O) groups excluding carboxylic acids is 2. The molecule has 5 N–H and O–H groups in total. The molecule has 2 rings (SSSR count). The summed E-state index contributed by atoms with van der Waals surface area (Å²) in [7, 11) is 1.77. The number of nitrogens with two attached hydrogens (primary N) is 1. The Bertz CT molecular complexity index is 701. The third-order valence-corrected chi connectivity index (χ3v) is 3.42. The number of carbonyl (C=O) groups is 2. The highest BCUT2D eigenvalue weighted by Crippen LogP contribution is 2.22. The fourth-order valence-corrected chi connectivity index (χ4v) is 2.09. The molecule has 0 saturated heterocycles. The molecule has 0 unspecified atom stereocenters. The molecule has 2 aromatic heterocycles. The van der Waals surface area contributed by atoms with E-state index in [0.29, 0.717) is 11.5 Å². The summed E-state index contributed by atoms with van der Waals surface area (Å²) in [5.41, 5.74) is 7.12. The lowest BCUT2D eigenvalue weighted by atomic mass is 10.1. The number of anilines is 1. The summed E-state index contributed by atoms with van der Waals surface area (Å²) >= 11 is 0. The third kappa shape index (κ3) is 3.08. The highest BCUT2D eigenvalue weighted by atomic mass is 16.2. The van der Waals surface area contributed by atoms with E-state index < -0.39 is 6.04 Å². The zero-order valence-electron chi connectivity index (χ0n) is 13.1. The van der Waals surface area contributed by atoms with E-state index in [4.69, 9.17) is 5.73 Å². The topological polar surface area (TPSA) is 131 Å². The molecule has 0 fully saturated rings. The Morgan fingerprint density at radius 2 is 2.09 bits per heavy atom. The van der Waals surface area contributed by atoms with Gasteiger partial charge in [0.25, 0.3) is 0 Å². The molecule has 0 aliphatic rings. The van der Waals surface area contributed by atoms with Gasteiger partial charge in [0.15, 0.2) is 5.65 Å². The molecule has 0 aromatic carbocycles. The zero-order valence-corrected chi connectivity index (χ0v) is 13.1. The van der Waals surface area contributed by atoms with Gasteiger partial charge in [-0.3, -0.25) is 14.7 Å². The van der Waals surface area contributed by atoms with Crippen molar-refractivity contribution in [2.45, 2.75) is 26.8 Å². The molecule has 2 heterocycles. The van der Waals surface area contributed by atoms with Crippen molar-refractivity contribution < 1.29 is 9.59 Å². The predicted molar refractivity (Wildman–Crippen MR) is 82.0 cm³/mol. The molecule has 0 bridgehead atoms. The lowest BCUT2D eigenvalue weighted by Gasteiger charge is -2.14. The number of rotatable bonds is 5. The van der Waals surface area contributed by atoms with Crippen molar-refractivity contribution in [1.82, 2.24) is 25.3 Å². The normalized spacial score (nSPS) is 12.6. The van der Waals surface area contributed by atoms with Crippen LogP contribution in [0.4, 0.5) is 5.82 Å². The first-order valence-corrected chi connectivity index (χ1v) is 7.02. The van der Waals surface area contributed by atoms with Gasteiger partial charge in [0.05, 0.1) is 23.7 Å². The summed E-state index contributed by atoms with van der Waals surface area (Å²) in [4.78, 5) is 23.6. The van der Waals surface area contributed by atoms with E-state index in [1.165, 1.54) is 0 Å². The van der Waals surface area contributed by atoms with Crippen LogP contribution in [-0.2, 0) is 16.6 Å². The molecule has 2 aromatic rings. The standard InChI is InChI=1S/C13H21N7O2/c1-6(2)10(14)13(22)15-5-8(21)16-11-9-7(3)19-20(4)12(9)18-17-11/h6,10H,5,14H2,1-4H3,(H,15,22)(H2,16,17,18,21)/t10-/m0/s1. The fourth-order valence-electron chi connectivity index (χ4n) is 2.09. The highest BCUT2D eigenvalue weighted by molar-refractivity contribution is 6.01. The van der Waals surface area contributed by atoms with Gasteiger partial charge in [-0.15, -0.1) is 0 Å². The number of nitrogens with zero attached hydrogens (tertiary/aromatic N) is 3. The molecule has 0 aliphatic carbocycles. The summed E-state index contributed by atoms with van der Waals surface area (Å²) < 4.78 is 1.63. The van der Waals surface area contributed by atoms with Crippen LogP contribution in [0.25, 0.3) is 11.0 Å². The second kappa shape index (κ2) is 6.14. The van der Waals surface area contributed by atoms with Crippen LogP contribution < -0.4 is 16.4 Å². The lowest BCUT2D eigenvalue weighted by Crippen LogP contribution is -2.46. The number of hydrogen-bond acceptors (Lipinski definition) is 5. The summed E-state index contributed by atoms with van der Waals surface area (Å²) in [5, 5.41) is 17.0. The van der Waals surface area contributed by atoms with E-state index in [-0.39, 0.29) is 24.3 Å². The molecule has 0 radical (unpaired) electrons. The van der Waals surface area contributed by atoms with Crippen LogP contribution >= 0.6 is 0 Å². The van der Waals surface area contributed by atoms with E-state index in [1.54, 1.807) is 11.7 Å². The van der Waals surface area contributed by atoms with Gasteiger partial charge in [0.2, 0.25) is 11.8 Å². The van der Waals surface area contributed by atoms with E-state index in [2.05, 4.69) is 25.9 Å². The number of amides is 2. The quantitative estimate of drug-likeness (QED) is 0.599. The van der Waals surface area contributed by atoms with Crippen molar-refractivity contribution in [3.8, 4) is 0 Å². The molecule has 9 nitrogen and oxygen atoms in total. The first-order chi connectivity index (χ1) is 10.3.